The third kappa shape index (κ3) is 2.45. The number of anilines is 1. The van der Waals surface area contributed by atoms with E-state index < -0.39 is 0 Å². The van der Waals surface area contributed by atoms with E-state index in [-0.39, 0.29) is 23.0 Å². The minimum Gasteiger partial charge on any atom is -0.508 e. The number of benzene rings is 2. The summed E-state index contributed by atoms with van der Waals surface area (Å²) in [6.07, 6.45) is 0. The number of aromatic hydroxyl groups is 2. The number of nitrogens with one attached hydrogen (secondary N) is 1. The number of hydrogen-bond acceptors (Lipinski definition) is 4. The lowest BCUT2D eigenvalue weighted by Crippen LogP contribution is -2.26. The second-order valence-corrected chi connectivity index (χ2v) is 6.41. The van der Waals surface area contributed by atoms with Crippen molar-refractivity contribution in [1.82, 2.24) is 4.90 Å². The van der Waals surface area contributed by atoms with Crippen LogP contribution in [0.5, 0.6) is 11.5 Å². The van der Waals surface area contributed by atoms with E-state index in [9.17, 15) is 15.0 Å². The molecule has 2 aromatic rings. The number of nitrogens with zero attached hydrogens (tertiary/aromatic N) is 1. The van der Waals surface area contributed by atoms with Crippen LogP contribution in [0.2, 0.25) is 5.02 Å². The maximum Gasteiger partial charge on any atom is 0.258 e. The van der Waals surface area contributed by atoms with Crippen LogP contribution in [-0.2, 0) is 13.1 Å². The van der Waals surface area contributed by atoms with Crippen molar-refractivity contribution in [3.05, 3.63) is 51.0 Å². The smallest absolute Gasteiger partial charge is 0.258 e. The number of halogens is 1. The number of fused-ring (bicyclic) bond motifs is 1. The van der Waals surface area contributed by atoms with Gasteiger partial charge in [0, 0.05) is 42.5 Å². The van der Waals surface area contributed by atoms with Crippen LogP contribution in [0.1, 0.15) is 32.6 Å². The summed E-state index contributed by atoms with van der Waals surface area (Å²) in [5, 5.41) is 23.7. The van der Waals surface area contributed by atoms with Gasteiger partial charge in [-0.1, -0.05) is 11.6 Å². The summed E-state index contributed by atoms with van der Waals surface area (Å²) in [7, 11) is 1.83. The van der Waals surface area contributed by atoms with E-state index in [1.54, 1.807) is 18.7 Å². The first-order valence-electron chi connectivity index (χ1n) is 7.64. The van der Waals surface area contributed by atoms with Crippen molar-refractivity contribution in [2.24, 2.45) is 0 Å². The van der Waals surface area contributed by atoms with E-state index >= 15 is 0 Å². The Morgan fingerprint density at radius 1 is 1.12 bits per heavy atom. The SMILES string of the molecule is CNc1ccc(Cl)c2c1CN(C(=O)c1c(O)cc(O)c(C)c1C)C2. The van der Waals surface area contributed by atoms with E-state index in [4.69, 9.17) is 11.6 Å². The molecule has 0 fully saturated rings. The van der Waals surface area contributed by atoms with Gasteiger partial charge in [-0.3, -0.25) is 4.79 Å². The fourth-order valence-electron chi connectivity index (χ4n) is 3.14. The largest absolute Gasteiger partial charge is 0.508 e. The second-order valence-electron chi connectivity index (χ2n) is 6.00. The molecule has 2 aromatic carbocycles. The average Bonchev–Trinajstić information content (AvgIpc) is 2.99. The molecule has 0 saturated carbocycles. The predicted octanol–water partition coefficient (Wildman–Crippen LogP) is 3.57. The Bertz CT molecular complexity index is 849. The molecule has 0 aromatic heterocycles. The topological polar surface area (TPSA) is 72.8 Å². The van der Waals surface area contributed by atoms with Crippen molar-refractivity contribution in [3.8, 4) is 11.5 Å². The highest BCUT2D eigenvalue weighted by molar-refractivity contribution is 6.31. The van der Waals surface area contributed by atoms with Gasteiger partial charge in [0.25, 0.3) is 5.91 Å². The molecule has 0 saturated heterocycles. The van der Waals surface area contributed by atoms with Crippen LogP contribution in [0, 0.1) is 13.8 Å². The molecular formula is C18H19ClN2O3. The van der Waals surface area contributed by atoms with Gasteiger partial charge in [-0.25, -0.2) is 0 Å². The van der Waals surface area contributed by atoms with Gasteiger partial charge in [0.1, 0.15) is 11.5 Å². The number of rotatable bonds is 2. The summed E-state index contributed by atoms with van der Waals surface area (Å²) in [6.45, 7) is 4.25. The van der Waals surface area contributed by atoms with Crippen LogP contribution in [0.15, 0.2) is 18.2 Å². The monoisotopic (exact) mass is 346 g/mol. The van der Waals surface area contributed by atoms with Gasteiger partial charge in [0.15, 0.2) is 0 Å². The Hall–Kier alpha value is -2.40. The molecule has 126 valence electrons. The number of phenols is 2. The zero-order valence-electron chi connectivity index (χ0n) is 13.8. The zero-order chi connectivity index (χ0) is 17.6. The molecule has 6 heteroatoms. The van der Waals surface area contributed by atoms with Gasteiger partial charge in [-0.15, -0.1) is 0 Å². The minimum absolute atomic E-state index is 0.0215. The number of carbonyl (C=O) groups is 1. The highest BCUT2D eigenvalue weighted by atomic mass is 35.5. The molecule has 1 heterocycles. The van der Waals surface area contributed by atoms with Crippen molar-refractivity contribution in [2.75, 3.05) is 12.4 Å². The summed E-state index contributed by atoms with van der Waals surface area (Å²) in [5.74, 6) is -0.509. The summed E-state index contributed by atoms with van der Waals surface area (Å²) in [4.78, 5) is 14.6. The third-order valence-electron chi connectivity index (χ3n) is 4.69. The Morgan fingerprint density at radius 2 is 1.79 bits per heavy atom. The lowest BCUT2D eigenvalue weighted by atomic mass is 10.00. The summed E-state index contributed by atoms with van der Waals surface area (Å²) < 4.78 is 0. The van der Waals surface area contributed by atoms with Crippen LogP contribution in [0.3, 0.4) is 0 Å². The number of phenolic OH excluding ortho intramolecular Hbond substituents is 2. The maximum atomic E-state index is 13.0. The molecular weight excluding hydrogens is 328 g/mol. The Kier molecular flexibility index (Phi) is 4.05. The summed E-state index contributed by atoms with van der Waals surface area (Å²) >= 11 is 6.27. The Labute approximate surface area is 145 Å². The van der Waals surface area contributed by atoms with Crippen molar-refractivity contribution >= 4 is 23.2 Å². The normalized spacial score (nSPS) is 13.1. The maximum absolute atomic E-state index is 13.0. The van der Waals surface area contributed by atoms with E-state index in [2.05, 4.69) is 5.32 Å². The highest BCUT2D eigenvalue weighted by Crippen LogP contribution is 2.37. The van der Waals surface area contributed by atoms with Gasteiger partial charge in [-0.2, -0.15) is 0 Å². The van der Waals surface area contributed by atoms with Crippen LogP contribution >= 0.6 is 11.6 Å². The van der Waals surface area contributed by atoms with E-state index in [1.807, 2.05) is 19.2 Å². The lowest BCUT2D eigenvalue weighted by Gasteiger charge is -2.19. The van der Waals surface area contributed by atoms with Crippen molar-refractivity contribution in [2.45, 2.75) is 26.9 Å². The van der Waals surface area contributed by atoms with Crippen LogP contribution < -0.4 is 5.32 Å². The molecule has 0 aliphatic carbocycles. The molecule has 0 unspecified atom stereocenters. The van der Waals surface area contributed by atoms with Gasteiger partial charge in [0.05, 0.1) is 5.56 Å². The van der Waals surface area contributed by atoms with Crippen molar-refractivity contribution in [1.29, 1.82) is 0 Å². The first-order chi connectivity index (χ1) is 11.3. The molecule has 0 spiro atoms. The first-order valence-corrected chi connectivity index (χ1v) is 8.02. The van der Waals surface area contributed by atoms with Crippen LogP contribution in [0.25, 0.3) is 0 Å². The first kappa shape index (κ1) is 16.5. The number of carbonyl (C=O) groups excluding carboxylic acids is 1. The average molecular weight is 347 g/mol. The zero-order valence-corrected chi connectivity index (χ0v) is 14.5. The molecule has 3 N–H and O–H groups in total. The van der Waals surface area contributed by atoms with Gasteiger partial charge >= 0.3 is 0 Å². The predicted molar refractivity (Wildman–Crippen MR) is 93.8 cm³/mol. The van der Waals surface area contributed by atoms with Crippen molar-refractivity contribution < 1.29 is 15.0 Å². The molecule has 1 amide bonds. The fraction of sp³-hybridized carbons (Fsp3) is 0.278. The molecule has 0 radical (unpaired) electrons. The molecule has 1 aliphatic rings. The van der Waals surface area contributed by atoms with E-state index in [0.717, 1.165) is 16.8 Å². The molecule has 1 aliphatic heterocycles. The van der Waals surface area contributed by atoms with Crippen LogP contribution in [0.4, 0.5) is 5.69 Å². The number of amides is 1. The lowest BCUT2D eigenvalue weighted by molar-refractivity contribution is 0.0747. The van der Waals surface area contributed by atoms with Gasteiger partial charge < -0.3 is 20.4 Å². The quantitative estimate of drug-likeness (QED) is 0.777. The second kappa shape index (κ2) is 5.91. The minimum atomic E-state index is -0.276. The molecule has 0 bridgehead atoms. The number of hydrogen-bond donors (Lipinski definition) is 3. The third-order valence-corrected chi connectivity index (χ3v) is 5.05. The fourth-order valence-corrected chi connectivity index (χ4v) is 3.38. The van der Waals surface area contributed by atoms with Gasteiger partial charge in [0.2, 0.25) is 0 Å². The van der Waals surface area contributed by atoms with Crippen molar-refractivity contribution in [3.63, 3.8) is 0 Å². The Morgan fingerprint density at radius 3 is 2.46 bits per heavy atom. The van der Waals surface area contributed by atoms with Gasteiger partial charge in [-0.05, 0) is 42.7 Å². The summed E-state index contributed by atoms with van der Waals surface area (Å²) in [6, 6.07) is 4.92. The van der Waals surface area contributed by atoms with E-state index in [1.165, 1.54) is 6.07 Å². The molecule has 3 rings (SSSR count). The Balaban J connectivity index is 2.00. The highest BCUT2D eigenvalue weighted by Gasteiger charge is 2.30. The molecule has 24 heavy (non-hydrogen) atoms. The van der Waals surface area contributed by atoms with Crippen LogP contribution in [-0.4, -0.2) is 28.1 Å². The molecule has 5 nitrogen and oxygen atoms in total. The molecule has 0 atom stereocenters. The summed E-state index contributed by atoms with van der Waals surface area (Å²) in [5.41, 5.74) is 4.23. The van der Waals surface area contributed by atoms with E-state index in [0.29, 0.717) is 29.2 Å². The standard InChI is InChI=1S/C18H19ClN2O3/c1-9-10(2)17(16(23)6-15(9)22)18(24)21-7-11-12(8-21)14(20-3)5-4-13(11)19/h4-6,20,22-23H,7-8H2,1-3H3.